The van der Waals surface area contributed by atoms with Gasteiger partial charge >= 0.3 is 0 Å². The molecule has 3 unspecified atom stereocenters. The van der Waals surface area contributed by atoms with Crippen LogP contribution in [0.2, 0.25) is 0 Å². The third kappa shape index (κ3) is 5.87. The minimum absolute atomic E-state index is 0.329. The van der Waals surface area contributed by atoms with Crippen LogP contribution >= 0.6 is 11.8 Å². The van der Waals surface area contributed by atoms with Gasteiger partial charge in [-0.15, -0.1) is 0 Å². The summed E-state index contributed by atoms with van der Waals surface area (Å²) in [6, 6.07) is 9.73. The molecule has 5 nitrogen and oxygen atoms in total. The highest BCUT2D eigenvalue weighted by Crippen LogP contribution is 2.28. The fraction of sp³-hybridized carbons (Fsp3) is 0.667. The number of nitrogens with zero attached hydrogens (tertiary/aromatic N) is 2. The van der Waals surface area contributed by atoms with Crippen molar-refractivity contribution in [2.24, 2.45) is 4.99 Å². The van der Waals surface area contributed by atoms with Crippen molar-refractivity contribution in [3.05, 3.63) is 35.4 Å². The minimum atomic E-state index is 0.329. The molecule has 1 aromatic rings. The summed E-state index contributed by atoms with van der Waals surface area (Å²) in [5, 5.41) is 8.01. The maximum atomic E-state index is 5.57. The molecule has 0 aromatic heterocycles. The Hall–Kier alpha value is -1.24. The first-order valence-corrected chi connectivity index (χ1v) is 11.4. The zero-order valence-corrected chi connectivity index (χ0v) is 17.7. The summed E-state index contributed by atoms with van der Waals surface area (Å²) in [5.41, 5.74) is 2.67. The van der Waals surface area contributed by atoms with Gasteiger partial charge in [0.2, 0.25) is 0 Å². The van der Waals surface area contributed by atoms with Gasteiger partial charge in [-0.05, 0) is 38.0 Å². The SMILES string of the molecule is CN=C(NCC(c1cccc(C)c1)N1CCOCC1)NC1CCC(SC)C1. The molecule has 150 valence electrons. The predicted molar refractivity (Wildman–Crippen MR) is 116 cm³/mol. The zero-order valence-electron chi connectivity index (χ0n) is 16.9. The third-order valence-corrected chi connectivity index (χ3v) is 6.75. The zero-order chi connectivity index (χ0) is 19.1. The van der Waals surface area contributed by atoms with Crippen LogP contribution in [0, 0.1) is 6.92 Å². The fourth-order valence-electron chi connectivity index (χ4n) is 4.09. The number of thioether (sulfide) groups is 1. The first-order chi connectivity index (χ1) is 13.2. The first kappa shape index (κ1) is 20.5. The number of aliphatic imine (C=N–C) groups is 1. The standard InChI is InChI=1S/C21H34N4OS/c1-16-5-4-6-17(13-16)20(25-9-11-26-12-10-25)15-23-21(22-2)24-18-7-8-19(14-18)27-3/h4-6,13,18-20H,7-12,14-15H2,1-3H3,(H2,22,23,24). The van der Waals surface area contributed by atoms with E-state index in [1.807, 2.05) is 18.8 Å². The van der Waals surface area contributed by atoms with E-state index in [0.29, 0.717) is 12.1 Å². The Kier molecular flexibility index (Phi) is 7.85. The summed E-state index contributed by atoms with van der Waals surface area (Å²) in [7, 11) is 1.87. The van der Waals surface area contributed by atoms with Gasteiger partial charge in [-0.3, -0.25) is 9.89 Å². The van der Waals surface area contributed by atoms with Gasteiger partial charge < -0.3 is 15.4 Å². The lowest BCUT2D eigenvalue weighted by molar-refractivity contribution is 0.0170. The molecule has 6 heteroatoms. The molecule has 1 aliphatic heterocycles. The molecule has 2 fully saturated rings. The van der Waals surface area contributed by atoms with Gasteiger partial charge in [0.25, 0.3) is 0 Å². The molecule has 1 saturated carbocycles. The predicted octanol–water partition coefficient (Wildman–Crippen LogP) is 2.82. The highest BCUT2D eigenvalue weighted by atomic mass is 32.2. The lowest BCUT2D eigenvalue weighted by Crippen LogP contribution is -2.48. The average molecular weight is 391 g/mol. The molecule has 2 aliphatic rings. The van der Waals surface area contributed by atoms with Gasteiger partial charge in [0.05, 0.1) is 19.3 Å². The molecule has 1 aromatic carbocycles. The molecule has 2 N–H and O–H groups in total. The second-order valence-electron chi connectivity index (χ2n) is 7.54. The third-order valence-electron chi connectivity index (χ3n) is 5.66. The van der Waals surface area contributed by atoms with Crippen LogP contribution in [0.1, 0.15) is 36.4 Å². The number of aryl methyl sites for hydroxylation is 1. The van der Waals surface area contributed by atoms with Gasteiger partial charge in [0.1, 0.15) is 0 Å². The molecule has 0 radical (unpaired) electrons. The van der Waals surface area contributed by atoms with Gasteiger partial charge in [-0.25, -0.2) is 0 Å². The molecular weight excluding hydrogens is 356 g/mol. The molecule has 1 aliphatic carbocycles. The van der Waals surface area contributed by atoms with Crippen LogP contribution in [0.3, 0.4) is 0 Å². The number of benzene rings is 1. The van der Waals surface area contributed by atoms with Crippen molar-refractivity contribution < 1.29 is 4.74 Å². The van der Waals surface area contributed by atoms with Crippen LogP contribution < -0.4 is 10.6 Å². The number of guanidine groups is 1. The van der Waals surface area contributed by atoms with E-state index in [1.165, 1.54) is 30.4 Å². The van der Waals surface area contributed by atoms with E-state index in [1.54, 1.807) is 0 Å². The summed E-state index contributed by atoms with van der Waals surface area (Å²) >= 11 is 1.99. The number of hydrogen-bond donors (Lipinski definition) is 2. The van der Waals surface area contributed by atoms with Crippen molar-refractivity contribution >= 4 is 17.7 Å². The van der Waals surface area contributed by atoms with Crippen LogP contribution in [0.15, 0.2) is 29.3 Å². The van der Waals surface area contributed by atoms with Crippen molar-refractivity contribution in [2.75, 3.05) is 46.2 Å². The molecule has 3 atom stereocenters. The first-order valence-electron chi connectivity index (χ1n) is 10.1. The molecule has 1 heterocycles. The van der Waals surface area contributed by atoms with Gasteiger partial charge in [-0.1, -0.05) is 29.8 Å². The maximum absolute atomic E-state index is 5.57. The molecule has 0 spiro atoms. The number of morpholine rings is 1. The smallest absolute Gasteiger partial charge is 0.191 e. The molecule has 3 rings (SSSR count). The van der Waals surface area contributed by atoms with E-state index in [-0.39, 0.29) is 0 Å². The average Bonchev–Trinajstić information content (AvgIpc) is 3.16. The summed E-state index contributed by atoms with van der Waals surface area (Å²) in [4.78, 5) is 7.00. The lowest BCUT2D eigenvalue weighted by atomic mass is 10.0. The number of ether oxygens (including phenoxy) is 1. The Labute approximate surface area is 168 Å². The lowest BCUT2D eigenvalue weighted by Gasteiger charge is -2.35. The summed E-state index contributed by atoms with van der Waals surface area (Å²) in [6.45, 7) is 6.59. The van der Waals surface area contributed by atoms with E-state index in [9.17, 15) is 0 Å². The quantitative estimate of drug-likeness (QED) is 0.578. The highest BCUT2D eigenvalue weighted by Gasteiger charge is 2.26. The summed E-state index contributed by atoms with van der Waals surface area (Å²) in [5.74, 6) is 0.924. The second kappa shape index (κ2) is 10.3. The number of hydrogen-bond acceptors (Lipinski definition) is 4. The van der Waals surface area contributed by atoms with Crippen LogP contribution in [-0.4, -0.2) is 68.3 Å². The minimum Gasteiger partial charge on any atom is -0.379 e. The number of rotatable bonds is 6. The number of nitrogens with one attached hydrogen (secondary N) is 2. The van der Waals surface area contributed by atoms with Crippen molar-refractivity contribution in [1.82, 2.24) is 15.5 Å². The molecule has 0 bridgehead atoms. The summed E-state index contributed by atoms with van der Waals surface area (Å²) in [6.07, 6.45) is 5.98. The van der Waals surface area contributed by atoms with Crippen LogP contribution in [0.5, 0.6) is 0 Å². The van der Waals surface area contributed by atoms with E-state index >= 15 is 0 Å². The van der Waals surface area contributed by atoms with Crippen LogP contribution in [-0.2, 0) is 4.74 Å². The van der Waals surface area contributed by atoms with Crippen molar-refractivity contribution in [2.45, 2.75) is 43.5 Å². The molecule has 27 heavy (non-hydrogen) atoms. The summed E-state index contributed by atoms with van der Waals surface area (Å²) < 4.78 is 5.57. The Morgan fingerprint density at radius 2 is 2.15 bits per heavy atom. The Bertz CT molecular complexity index is 618. The normalized spacial score (nSPS) is 25.4. The molecule has 1 saturated heterocycles. The Balaban J connectivity index is 1.62. The van der Waals surface area contributed by atoms with E-state index in [0.717, 1.165) is 44.1 Å². The van der Waals surface area contributed by atoms with E-state index < -0.39 is 0 Å². The van der Waals surface area contributed by atoms with Crippen LogP contribution in [0.4, 0.5) is 0 Å². The molecule has 0 amide bonds. The van der Waals surface area contributed by atoms with E-state index in [4.69, 9.17) is 4.74 Å². The topological polar surface area (TPSA) is 48.9 Å². The highest BCUT2D eigenvalue weighted by molar-refractivity contribution is 7.99. The monoisotopic (exact) mass is 390 g/mol. The Morgan fingerprint density at radius 3 is 2.81 bits per heavy atom. The fourth-order valence-corrected chi connectivity index (χ4v) is 4.89. The van der Waals surface area contributed by atoms with E-state index in [2.05, 4.69) is 58.0 Å². The van der Waals surface area contributed by atoms with Gasteiger partial charge in [0, 0.05) is 38.0 Å². The maximum Gasteiger partial charge on any atom is 0.191 e. The van der Waals surface area contributed by atoms with Crippen molar-refractivity contribution in [3.8, 4) is 0 Å². The second-order valence-corrected chi connectivity index (χ2v) is 8.68. The van der Waals surface area contributed by atoms with Crippen molar-refractivity contribution in [1.29, 1.82) is 0 Å². The van der Waals surface area contributed by atoms with Crippen LogP contribution in [0.25, 0.3) is 0 Å². The van der Waals surface area contributed by atoms with Crippen molar-refractivity contribution in [3.63, 3.8) is 0 Å². The van der Waals surface area contributed by atoms with Gasteiger partial charge in [-0.2, -0.15) is 11.8 Å². The Morgan fingerprint density at radius 1 is 1.33 bits per heavy atom. The molecular formula is C21H34N4OS. The largest absolute Gasteiger partial charge is 0.379 e. The van der Waals surface area contributed by atoms with Gasteiger partial charge in [0.15, 0.2) is 5.96 Å².